The van der Waals surface area contributed by atoms with E-state index in [9.17, 15) is 0 Å². The van der Waals surface area contributed by atoms with Gasteiger partial charge in [-0.25, -0.2) is 9.97 Å². The Balaban J connectivity index is 2.01. The van der Waals surface area contributed by atoms with E-state index in [-0.39, 0.29) is 0 Å². The molecule has 0 aliphatic heterocycles. The van der Waals surface area contributed by atoms with Crippen LogP contribution in [0.4, 0.5) is 5.82 Å². The third kappa shape index (κ3) is 3.12. The molecule has 3 nitrogen and oxygen atoms in total. The SMILES string of the molecule is CSC1(CNc2cc(C)nc(C)n2)CCCC1. The lowest BCUT2D eigenvalue weighted by molar-refractivity contribution is 0.638. The highest BCUT2D eigenvalue weighted by molar-refractivity contribution is 8.00. The highest BCUT2D eigenvalue weighted by Crippen LogP contribution is 2.40. The van der Waals surface area contributed by atoms with Crippen molar-refractivity contribution in [1.29, 1.82) is 0 Å². The first-order valence-electron chi connectivity index (χ1n) is 6.25. The molecular weight excluding hydrogens is 230 g/mol. The molecule has 94 valence electrons. The van der Waals surface area contributed by atoms with Gasteiger partial charge in [-0.2, -0.15) is 11.8 Å². The number of anilines is 1. The molecule has 1 saturated carbocycles. The third-order valence-electron chi connectivity index (χ3n) is 3.51. The number of nitrogens with one attached hydrogen (secondary N) is 1. The summed E-state index contributed by atoms with van der Waals surface area (Å²) < 4.78 is 0.423. The van der Waals surface area contributed by atoms with Crippen molar-refractivity contribution in [2.45, 2.75) is 44.3 Å². The lowest BCUT2D eigenvalue weighted by Gasteiger charge is -2.27. The second-order valence-corrected chi connectivity index (χ2v) is 6.16. The van der Waals surface area contributed by atoms with Gasteiger partial charge in [-0.15, -0.1) is 0 Å². The molecule has 17 heavy (non-hydrogen) atoms. The van der Waals surface area contributed by atoms with Gasteiger partial charge in [-0.3, -0.25) is 0 Å². The molecule has 0 unspecified atom stereocenters. The molecule has 0 amide bonds. The smallest absolute Gasteiger partial charge is 0.129 e. The summed E-state index contributed by atoms with van der Waals surface area (Å²) in [5, 5.41) is 3.49. The van der Waals surface area contributed by atoms with Crippen LogP contribution >= 0.6 is 11.8 Å². The first-order valence-corrected chi connectivity index (χ1v) is 7.47. The fourth-order valence-corrected chi connectivity index (χ4v) is 3.44. The van der Waals surface area contributed by atoms with Crippen molar-refractivity contribution in [1.82, 2.24) is 9.97 Å². The zero-order chi connectivity index (χ0) is 12.3. The number of hydrogen-bond acceptors (Lipinski definition) is 4. The van der Waals surface area contributed by atoms with Crippen LogP contribution in [0.3, 0.4) is 0 Å². The largest absolute Gasteiger partial charge is 0.369 e. The highest BCUT2D eigenvalue weighted by Gasteiger charge is 2.32. The Morgan fingerprint density at radius 3 is 2.59 bits per heavy atom. The molecule has 1 aromatic heterocycles. The van der Waals surface area contributed by atoms with Crippen LogP contribution in [0.15, 0.2) is 6.07 Å². The monoisotopic (exact) mass is 251 g/mol. The summed E-state index contributed by atoms with van der Waals surface area (Å²) in [5.41, 5.74) is 1.03. The predicted octanol–water partition coefficient (Wildman–Crippen LogP) is 3.18. The Hall–Kier alpha value is -0.770. The minimum atomic E-state index is 0.423. The van der Waals surface area contributed by atoms with Crippen molar-refractivity contribution in [2.75, 3.05) is 18.1 Å². The highest BCUT2D eigenvalue weighted by atomic mass is 32.2. The molecule has 0 spiro atoms. The topological polar surface area (TPSA) is 37.8 Å². The third-order valence-corrected chi connectivity index (χ3v) is 4.92. The van der Waals surface area contributed by atoms with E-state index in [1.165, 1.54) is 25.7 Å². The van der Waals surface area contributed by atoms with Gasteiger partial charge in [0.1, 0.15) is 11.6 Å². The minimum absolute atomic E-state index is 0.423. The van der Waals surface area contributed by atoms with E-state index >= 15 is 0 Å². The van der Waals surface area contributed by atoms with Gasteiger partial charge in [-0.1, -0.05) is 12.8 Å². The fourth-order valence-electron chi connectivity index (χ4n) is 2.53. The normalized spacial score (nSPS) is 18.3. The summed E-state index contributed by atoms with van der Waals surface area (Å²) in [6.07, 6.45) is 7.60. The maximum atomic E-state index is 4.43. The summed E-state index contributed by atoms with van der Waals surface area (Å²) in [6.45, 7) is 4.97. The summed E-state index contributed by atoms with van der Waals surface area (Å²) in [7, 11) is 0. The molecule has 2 rings (SSSR count). The quantitative estimate of drug-likeness (QED) is 0.892. The zero-order valence-electron chi connectivity index (χ0n) is 10.9. The maximum Gasteiger partial charge on any atom is 0.129 e. The first-order chi connectivity index (χ1) is 8.13. The first kappa shape index (κ1) is 12.7. The van der Waals surface area contributed by atoms with E-state index in [2.05, 4.69) is 21.5 Å². The van der Waals surface area contributed by atoms with E-state index < -0.39 is 0 Å². The van der Waals surface area contributed by atoms with Gasteiger partial charge >= 0.3 is 0 Å². The molecule has 0 saturated heterocycles. The zero-order valence-corrected chi connectivity index (χ0v) is 11.7. The lowest BCUT2D eigenvalue weighted by atomic mass is 10.1. The summed E-state index contributed by atoms with van der Waals surface area (Å²) in [6, 6.07) is 2.02. The van der Waals surface area contributed by atoms with Crippen LogP contribution in [0.5, 0.6) is 0 Å². The Morgan fingerprint density at radius 2 is 2.00 bits per heavy atom. The van der Waals surface area contributed by atoms with Crippen molar-refractivity contribution in [2.24, 2.45) is 0 Å². The molecule has 1 aromatic rings. The average Bonchev–Trinajstić information content (AvgIpc) is 2.74. The Labute approximate surface area is 108 Å². The molecular formula is C13H21N3S. The van der Waals surface area contributed by atoms with Crippen LogP contribution in [-0.2, 0) is 0 Å². The molecule has 1 fully saturated rings. The van der Waals surface area contributed by atoms with Gasteiger partial charge in [0, 0.05) is 23.1 Å². The van der Waals surface area contributed by atoms with Crippen LogP contribution in [0.2, 0.25) is 0 Å². The van der Waals surface area contributed by atoms with Gasteiger partial charge in [0.05, 0.1) is 0 Å². The molecule has 4 heteroatoms. The molecule has 1 aliphatic carbocycles. The van der Waals surface area contributed by atoms with Crippen LogP contribution in [0.25, 0.3) is 0 Å². The van der Waals surface area contributed by atoms with Gasteiger partial charge in [0.25, 0.3) is 0 Å². The Kier molecular flexibility index (Phi) is 3.92. The standard InChI is InChI=1S/C13H21N3S/c1-10-8-12(16-11(2)15-10)14-9-13(17-3)6-4-5-7-13/h8H,4-7,9H2,1-3H3,(H,14,15,16). The van der Waals surface area contributed by atoms with E-state index in [1.54, 1.807) is 0 Å². The fraction of sp³-hybridized carbons (Fsp3) is 0.692. The van der Waals surface area contributed by atoms with Crippen LogP contribution in [-0.4, -0.2) is 27.5 Å². The number of rotatable bonds is 4. The minimum Gasteiger partial charge on any atom is -0.369 e. The summed E-state index contributed by atoms with van der Waals surface area (Å²) >= 11 is 2.00. The molecule has 0 atom stereocenters. The van der Waals surface area contributed by atoms with Crippen LogP contribution in [0.1, 0.15) is 37.2 Å². The van der Waals surface area contributed by atoms with Crippen molar-refractivity contribution in [3.05, 3.63) is 17.6 Å². The van der Waals surface area contributed by atoms with Crippen molar-refractivity contribution in [3.8, 4) is 0 Å². The van der Waals surface area contributed by atoms with E-state index in [0.717, 1.165) is 23.9 Å². The Morgan fingerprint density at radius 1 is 1.29 bits per heavy atom. The maximum absolute atomic E-state index is 4.43. The van der Waals surface area contributed by atoms with Crippen LogP contribution < -0.4 is 5.32 Å². The number of aryl methyl sites for hydroxylation is 2. The van der Waals surface area contributed by atoms with Gasteiger partial charge in [0.15, 0.2) is 0 Å². The molecule has 1 aliphatic rings. The average molecular weight is 251 g/mol. The second-order valence-electron chi connectivity index (χ2n) is 4.89. The molecule has 0 bridgehead atoms. The lowest BCUT2D eigenvalue weighted by Crippen LogP contribution is -2.30. The van der Waals surface area contributed by atoms with Crippen molar-refractivity contribution >= 4 is 17.6 Å². The number of aromatic nitrogens is 2. The number of thioether (sulfide) groups is 1. The van der Waals surface area contributed by atoms with E-state index in [4.69, 9.17) is 0 Å². The Bertz CT molecular complexity index is 366. The number of nitrogens with zero attached hydrogens (tertiary/aromatic N) is 2. The summed E-state index contributed by atoms with van der Waals surface area (Å²) in [4.78, 5) is 8.72. The van der Waals surface area contributed by atoms with E-state index in [1.807, 2.05) is 31.7 Å². The van der Waals surface area contributed by atoms with Gasteiger partial charge in [-0.05, 0) is 32.9 Å². The van der Waals surface area contributed by atoms with Crippen LogP contribution in [0, 0.1) is 13.8 Å². The molecule has 0 aromatic carbocycles. The summed E-state index contributed by atoms with van der Waals surface area (Å²) in [5.74, 6) is 1.81. The molecule has 0 radical (unpaired) electrons. The van der Waals surface area contributed by atoms with Crippen molar-refractivity contribution < 1.29 is 0 Å². The number of hydrogen-bond donors (Lipinski definition) is 1. The van der Waals surface area contributed by atoms with Crippen molar-refractivity contribution in [3.63, 3.8) is 0 Å². The second kappa shape index (κ2) is 5.25. The van der Waals surface area contributed by atoms with E-state index in [0.29, 0.717) is 4.75 Å². The molecule has 1 N–H and O–H groups in total. The van der Waals surface area contributed by atoms with Gasteiger partial charge in [0.2, 0.25) is 0 Å². The molecule has 1 heterocycles. The van der Waals surface area contributed by atoms with Gasteiger partial charge < -0.3 is 5.32 Å². The predicted molar refractivity (Wildman–Crippen MR) is 74.7 cm³/mol.